The number of carbonyl (C=O) groups excluding carboxylic acids is 1. The summed E-state index contributed by atoms with van der Waals surface area (Å²) >= 11 is 0. The molecule has 3 rings (SSSR count). The maximum atomic E-state index is 12.5. The molecule has 0 saturated heterocycles. The smallest absolute Gasteiger partial charge is 0.269 e. The van der Waals surface area contributed by atoms with Gasteiger partial charge in [-0.05, 0) is 38.3 Å². The standard InChI is InChI=1S/C20H27N3O3/c1-4-25-17-9-5-6-10-18(17)26-16-11-7-8-14(16)23-20(24)15-12-21-19(22-15)13(2)3/h5-6,9-10,12-14,16H,4,7-8,11H2,1-3H3,(H,21,22)(H,23,24)/t14-,16-/m0/s1. The molecule has 0 spiro atoms. The van der Waals surface area contributed by atoms with Gasteiger partial charge in [-0.15, -0.1) is 0 Å². The molecular formula is C20H27N3O3. The second-order valence-corrected chi connectivity index (χ2v) is 6.88. The van der Waals surface area contributed by atoms with Crippen molar-refractivity contribution >= 4 is 5.91 Å². The van der Waals surface area contributed by atoms with E-state index in [0.29, 0.717) is 12.3 Å². The lowest BCUT2D eigenvalue weighted by Crippen LogP contribution is -2.42. The molecule has 1 aromatic carbocycles. The highest BCUT2D eigenvalue weighted by Crippen LogP contribution is 2.31. The van der Waals surface area contributed by atoms with Crippen molar-refractivity contribution in [1.29, 1.82) is 0 Å². The Kier molecular flexibility index (Phi) is 5.81. The summed E-state index contributed by atoms with van der Waals surface area (Å²) in [7, 11) is 0. The van der Waals surface area contributed by atoms with Crippen LogP contribution in [-0.4, -0.2) is 34.6 Å². The van der Waals surface area contributed by atoms with Gasteiger partial charge in [0.05, 0.1) is 18.8 Å². The van der Waals surface area contributed by atoms with E-state index < -0.39 is 0 Å². The highest BCUT2D eigenvalue weighted by atomic mass is 16.5. The number of benzene rings is 1. The van der Waals surface area contributed by atoms with Crippen LogP contribution >= 0.6 is 0 Å². The number of para-hydroxylation sites is 2. The van der Waals surface area contributed by atoms with Gasteiger partial charge in [0.15, 0.2) is 11.5 Å². The van der Waals surface area contributed by atoms with Crippen LogP contribution in [0.15, 0.2) is 30.5 Å². The number of amides is 1. The highest BCUT2D eigenvalue weighted by molar-refractivity contribution is 5.92. The summed E-state index contributed by atoms with van der Waals surface area (Å²) in [6.45, 7) is 6.61. The lowest BCUT2D eigenvalue weighted by molar-refractivity contribution is 0.0887. The molecule has 2 aromatic rings. The van der Waals surface area contributed by atoms with Crippen LogP contribution in [0.2, 0.25) is 0 Å². The zero-order chi connectivity index (χ0) is 18.5. The second-order valence-electron chi connectivity index (χ2n) is 6.88. The number of aromatic amines is 1. The van der Waals surface area contributed by atoms with Crippen molar-refractivity contribution in [3.8, 4) is 11.5 Å². The van der Waals surface area contributed by atoms with Gasteiger partial charge in [-0.1, -0.05) is 26.0 Å². The minimum absolute atomic E-state index is 0.0250. The van der Waals surface area contributed by atoms with E-state index in [0.717, 1.165) is 36.6 Å². The van der Waals surface area contributed by atoms with Gasteiger partial charge >= 0.3 is 0 Å². The monoisotopic (exact) mass is 357 g/mol. The summed E-state index contributed by atoms with van der Waals surface area (Å²) < 4.78 is 11.8. The van der Waals surface area contributed by atoms with Crippen molar-refractivity contribution in [3.63, 3.8) is 0 Å². The molecule has 26 heavy (non-hydrogen) atoms. The number of aromatic nitrogens is 2. The van der Waals surface area contributed by atoms with Gasteiger partial charge < -0.3 is 19.8 Å². The van der Waals surface area contributed by atoms with Crippen molar-refractivity contribution in [2.75, 3.05) is 6.61 Å². The lowest BCUT2D eigenvalue weighted by Gasteiger charge is -2.23. The van der Waals surface area contributed by atoms with Gasteiger partial charge in [-0.2, -0.15) is 0 Å². The molecule has 0 unspecified atom stereocenters. The Bertz CT molecular complexity index is 741. The Hall–Kier alpha value is -2.50. The van der Waals surface area contributed by atoms with Crippen LogP contribution in [0.3, 0.4) is 0 Å². The average Bonchev–Trinajstić information content (AvgIpc) is 3.27. The van der Waals surface area contributed by atoms with Gasteiger partial charge in [-0.3, -0.25) is 4.79 Å². The molecule has 2 atom stereocenters. The van der Waals surface area contributed by atoms with E-state index in [9.17, 15) is 4.79 Å². The Morgan fingerprint density at radius 2 is 2.08 bits per heavy atom. The number of ether oxygens (including phenoxy) is 2. The number of hydrogen-bond donors (Lipinski definition) is 2. The molecule has 140 valence electrons. The molecule has 1 fully saturated rings. The fraction of sp³-hybridized carbons (Fsp3) is 0.500. The Morgan fingerprint density at radius 3 is 2.77 bits per heavy atom. The molecule has 2 N–H and O–H groups in total. The number of rotatable bonds is 7. The molecule has 1 aromatic heterocycles. The summed E-state index contributed by atoms with van der Waals surface area (Å²) in [5.74, 6) is 2.41. The highest BCUT2D eigenvalue weighted by Gasteiger charge is 2.31. The van der Waals surface area contributed by atoms with Gasteiger partial charge in [-0.25, -0.2) is 4.98 Å². The summed E-state index contributed by atoms with van der Waals surface area (Å²) in [6.07, 6.45) is 4.37. The van der Waals surface area contributed by atoms with Crippen molar-refractivity contribution in [2.45, 2.75) is 58.1 Å². The van der Waals surface area contributed by atoms with E-state index in [-0.39, 0.29) is 24.0 Å². The fourth-order valence-electron chi connectivity index (χ4n) is 3.21. The Morgan fingerprint density at radius 1 is 1.31 bits per heavy atom. The molecule has 0 radical (unpaired) electrons. The molecule has 0 bridgehead atoms. The number of imidazole rings is 1. The topological polar surface area (TPSA) is 76.2 Å². The minimum atomic E-state index is -0.136. The maximum Gasteiger partial charge on any atom is 0.269 e. The molecule has 1 heterocycles. The van der Waals surface area contributed by atoms with Crippen LogP contribution < -0.4 is 14.8 Å². The van der Waals surface area contributed by atoms with E-state index in [1.54, 1.807) is 6.20 Å². The van der Waals surface area contributed by atoms with Gasteiger partial charge in [0, 0.05) is 5.92 Å². The van der Waals surface area contributed by atoms with Crippen LogP contribution in [0.5, 0.6) is 11.5 Å². The van der Waals surface area contributed by atoms with Crippen LogP contribution in [0.25, 0.3) is 0 Å². The number of nitrogens with zero attached hydrogens (tertiary/aromatic N) is 1. The van der Waals surface area contributed by atoms with Crippen molar-refractivity contribution < 1.29 is 14.3 Å². The SMILES string of the molecule is CCOc1ccccc1O[C@H]1CCC[C@@H]1NC(=O)c1cnc(C(C)C)[nH]1. The van der Waals surface area contributed by atoms with Crippen molar-refractivity contribution in [3.05, 3.63) is 42.0 Å². The first-order valence-corrected chi connectivity index (χ1v) is 9.32. The van der Waals surface area contributed by atoms with E-state index in [4.69, 9.17) is 9.47 Å². The Labute approximate surface area is 154 Å². The molecule has 6 heteroatoms. The Balaban J connectivity index is 1.65. The molecular weight excluding hydrogens is 330 g/mol. The average molecular weight is 357 g/mol. The third-order valence-electron chi connectivity index (χ3n) is 4.58. The van der Waals surface area contributed by atoms with Crippen molar-refractivity contribution in [1.82, 2.24) is 15.3 Å². The first kappa shape index (κ1) is 18.3. The molecule has 1 amide bonds. The predicted molar refractivity (Wildman–Crippen MR) is 99.8 cm³/mol. The predicted octanol–water partition coefficient (Wildman–Crippen LogP) is 3.66. The first-order chi connectivity index (χ1) is 12.6. The van der Waals surface area contributed by atoms with E-state index in [1.165, 1.54) is 0 Å². The number of nitrogens with one attached hydrogen (secondary N) is 2. The largest absolute Gasteiger partial charge is 0.490 e. The number of carbonyl (C=O) groups is 1. The third-order valence-corrected chi connectivity index (χ3v) is 4.58. The fourth-order valence-corrected chi connectivity index (χ4v) is 3.21. The summed E-state index contributed by atoms with van der Waals surface area (Å²) in [4.78, 5) is 19.9. The quantitative estimate of drug-likeness (QED) is 0.793. The van der Waals surface area contributed by atoms with E-state index >= 15 is 0 Å². The summed E-state index contributed by atoms with van der Waals surface area (Å²) in [5.41, 5.74) is 0.495. The van der Waals surface area contributed by atoms with Crippen LogP contribution in [0.4, 0.5) is 0 Å². The summed E-state index contributed by atoms with van der Waals surface area (Å²) in [6, 6.07) is 7.64. The summed E-state index contributed by atoms with van der Waals surface area (Å²) in [5, 5.41) is 3.09. The second kappa shape index (κ2) is 8.25. The zero-order valence-corrected chi connectivity index (χ0v) is 15.6. The number of H-pyrrole nitrogens is 1. The molecule has 6 nitrogen and oxygen atoms in total. The van der Waals surface area contributed by atoms with Crippen LogP contribution in [-0.2, 0) is 0 Å². The molecule has 1 saturated carbocycles. The van der Waals surface area contributed by atoms with Crippen LogP contribution in [0.1, 0.15) is 62.3 Å². The normalized spacial score (nSPS) is 19.5. The van der Waals surface area contributed by atoms with Gasteiger partial charge in [0.2, 0.25) is 0 Å². The molecule has 1 aliphatic carbocycles. The lowest BCUT2D eigenvalue weighted by atomic mass is 10.2. The zero-order valence-electron chi connectivity index (χ0n) is 15.6. The number of hydrogen-bond acceptors (Lipinski definition) is 4. The van der Waals surface area contributed by atoms with E-state index in [1.807, 2.05) is 45.0 Å². The maximum absolute atomic E-state index is 12.5. The van der Waals surface area contributed by atoms with Crippen LogP contribution in [0, 0.1) is 0 Å². The van der Waals surface area contributed by atoms with E-state index in [2.05, 4.69) is 15.3 Å². The van der Waals surface area contributed by atoms with Crippen molar-refractivity contribution in [2.24, 2.45) is 0 Å². The molecule has 0 aliphatic heterocycles. The first-order valence-electron chi connectivity index (χ1n) is 9.32. The van der Waals surface area contributed by atoms with Gasteiger partial charge in [0.1, 0.15) is 17.6 Å². The third kappa shape index (κ3) is 4.18. The van der Waals surface area contributed by atoms with Gasteiger partial charge in [0.25, 0.3) is 5.91 Å². The molecule has 1 aliphatic rings. The minimum Gasteiger partial charge on any atom is -0.490 e.